The molecule has 1 saturated heterocycles. The molecule has 0 aliphatic carbocycles. The van der Waals surface area contributed by atoms with Crippen molar-refractivity contribution >= 4 is 0 Å². The van der Waals surface area contributed by atoms with Gasteiger partial charge in [0, 0.05) is 44.0 Å². The Hall–Kier alpha value is -2.67. The van der Waals surface area contributed by atoms with E-state index in [4.69, 9.17) is 4.74 Å². The van der Waals surface area contributed by atoms with E-state index in [9.17, 15) is 0 Å². The first-order valence-corrected chi connectivity index (χ1v) is 9.44. The fourth-order valence-electron chi connectivity index (χ4n) is 3.89. The topological polar surface area (TPSA) is 61.0 Å². The molecular formula is C20H26N6O. The highest BCUT2D eigenvalue weighted by Gasteiger charge is 2.26. The molecule has 1 atom stereocenters. The Bertz CT molecular complexity index is 872. The Morgan fingerprint density at radius 3 is 2.85 bits per heavy atom. The number of methoxy groups -OCH3 is 1. The summed E-state index contributed by atoms with van der Waals surface area (Å²) in [7, 11) is 3.80. The Morgan fingerprint density at radius 2 is 2.04 bits per heavy atom. The lowest BCUT2D eigenvalue weighted by molar-refractivity contribution is 0.193. The van der Waals surface area contributed by atoms with Crippen LogP contribution in [0.5, 0.6) is 5.75 Å². The average molecular weight is 366 g/mol. The molecule has 3 heterocycles. The predicted octanol–water partition coefficient (Wildman–Crippen LogP) is 2.45. The molecule has 2 aromatic heterocycles. The van der Waals surface area contributed by atoms with E-state index in [1.54, 1.807) is 13.3 Å². The van der Waals surface area contributed by atoms with Crippen LogP contribution >= 0.6 is 0 Å². The largest absolute Gasteiger partial charge is 0.496 e. The average Bonchev–Trinajstić information content (AvgIpc) is 3.33. The number of ether oxygens (including phenoxy) is 1. The highest BCUT2D eigenvalue weighted by molar-refractivity contribution is 5.33. The van der Waals surface area contributed by atoms with Gasteiger partial charge in [-0.15, -0.1) is 10.2 Å². The van der Waals surface area contributed by atoms with E-state index in [1.165, 1.54) is 12.0 Å². The van der Waals surface area contributed by atoms with Crippen LogP contribution in [0.2, 0.25) is 0 Å². The van der Waals surface area contributed by atoms with E-state index in [-0.39, 0.29) is 0 Å². The zero-order valence-corrected chi connectivity index (χ0v) is 16.0. The maximum absolute atomic E-state index is 5.51. The highest BCUT2D eigenvalue weighted by atomic mass is 16.5. The van der Waals surface area contributed by atoms with Crippen LogP contribution in [0.1, 0.15) is 36.0 Å². The van der Waals surface area contributed by atoms with Gasteiger partial charge < -0.3 is 9.30 Å². The monoisotopic (exact) mass is 366 g/mol. The molecule has 4 rings (SSSR count). The molecule has 7 heteroatoms. The van der Waals surface area contributed by atoms with E-state index in [0.717, 1.165) is 43.5 Å². The van der Waals surface area contributed by atoms with Crippen LogP contribution in [0.3, 0.4) is 0 Å². The summed E-state index contributed by atoms with van der Waals surface area (Å²) in [6, 6.07) is 10.2. The zero-order chi connectivity index (χ0) is 18.6. The number of piperidine rings is 1. The molecular weight excluding hydrogens is 340 g/mol. The Kier molecular flexibility index (Phi) is 5.20. The zero-order valence-electron chi connectivity index (χ0n) is 16.0. The minimum Gasteiger partial charge on any atom is -0.496 e. The van der Waals surface area contributed by atoms with Gasteiger partial charge >= 0.3 is 0 Å². The normalized spacial score (nSPS) is 17.9. The third-order valence-electron chi connectivity index (χ3n) is 5.32. The Balaban J connectivity index is 1.46. The molecule has 1 unspecified atom stereocenters. The lowest BCUT2D eigenvalue weighted by Crippen LogP contribution is -2.35. The maximum atomic E-state index is 5.51. The molecule has 1 fully saturated rings. The number of likely N-dealkylation sites (tertiary alicyclic amines) is 1. The van der Waals surface area contributed by atoms with Crippen molar-refractivity contribution in [1.82, 2.24) is 29.4 Å². The second-order valence-corrected chi connectivity index (χ2v) is 7.12. The summed E-state index contributed by atoms with van der Waals surface area (Å²) >= 11 is 0. The minimum absolute atomic E-state index is 0.400. The summed E-state index contributed by atoms with van der Waals surface area (Å²) in [4.78, 5) is 2.49. The van der Waals surface area contributed by atoms with Crippen LogP contribution < -0.4 is 4.74 Å². The van der Waals surface area contributed by atoms with Gasteiger partial charge in [0.05, 0.1) is 7.11 Å². The molecule has 0 bridgehead atoms. The summed E-state index contributed by atoms with van der Waals surface area (Å²) < 4.78 is 9.52. The number of benzene rings is 1. The van der Waals surface area contributed by atoms with Crippen molar-refractivity contribution in [2.45, 2.75) is 31.8 Å². The van der Waals surface area contributed by atoms with Crippen LogP contribution in [0.15, 0.2) is 42.7 Å². The fourth-order valence-corrected chi connectivity index (χ4v) is 3.89. The molecule has 0 amide bonds. The molecule has 1 aliphatic heterocycles. The maximum Gasteiger partial charge on any atom is 0.154 e. The molecule has 0 saturated carbocycles. The second-order valence-electron chi connectivity index (χ2n) is 7.12. The van der Waals surface area contributed by atoms with Crippen molar-refractivity contribution in [2.75, 3.05) is 20.2 Å². The van der Waals surface area contributed by atoms with Gasteiger partial charge in [-0.05, 0) is 31.5 Å². The number of hydrogen-bond acceptors (Lipinski definition) is 5. The highest BCUT2D eigenvalue weighted by Crippen LogP contribution is 2.28. The fraction of sp³-hybridized carbons (Fsp3) is 0.450. The minimum atomic E-state index is 0.400. The second kappa shape index (κ2) is 7.92. The quantitative estimate of drug-likeness (QED) is 0.671. The molecule has 27 heavy (non-hydrogen) atoms. The van der Waals surface area contributed by atoms with Crippen LogP contribution in [-0.4, -0.2) is 49.6 Å². The Morgan fingerprint density at radius 1 is 1.15 bits per heavy atom. The van der Waals surface area contributed by atoms with Gasteiger partial charge in [0.15, 0.2) is 5.82 Å². The smallest absolute Gasteiger partial charge is 0.154 e. The van der Waals surface area contributed by atoms with Crippen LogP contribution in [0.25, 0.3) is 0 Å². The van der Waals surface area contributed by atoms with Gasteiger partial charge in [0.1, 0.15) is 18.1 Å². The van der Waals surface area contributed by atoms with Crippen LogP contribution in [0.4, 0.5) is 0 Å². The van der Waals surface area contributed by atoms with Crippen molar-refractivity contribution in [3.63, 3.8) is 0 Å². The molecule has 7 nitrogen and oxygen atoms in total. The summed E-state index contributed by atoms with van der Waals surface area (Å²) in [5, 5.41) is 13.2. The number of aromatic nitrogens is 5. The first-order valence-electron chi connectivity index (χ1n) is 9.44. The molecule has 0 spiro atoms. The standard InChI is InChI=1S/C20H26N6O/c1-24-19(15-26-12-6-10-21-26)22-23-20(24)17-8-5-11-25(14-17)13-16-7-3-4-9-18(16)27-2/h3-4,6-7,9-10,12,17H,5,8,11,13-15H2,1-2H3. The molecule has 3 aromatic rings. The van der Waals surface area contributed by atoms with E-state index >= 15 is 0 Å². The van der Waals surface area contributed by atoms with Crippen molar-refractivity contribution < 1.29 is 4.74 Å². The lowest BCUT2D eigenvalue weighted by Gasteiger charge is -2.32. The lowest BCUT2D eigenvalue weighted by atomic mass is 9.96. The number of rotatable bonds is 6. The van der Waals surface area contributed by atoms with Crippen LogP contribution in [-0.2, 0) is 20.1 Å². The van der Waals surface area contributed by atoms with Crippen molar-refractivity contribution in [3.05, 3.63) is 59.9 Å². The summed E-state index contributed by atoms with van der Waals surface area (Å²) in [5.74, 6) is 3.37. The van der Waals surface area contributed by atoms with E-state index < -0.39 is 0 Å². The third kappa shape index (κ3) is 3.88. The summed E-state index contributed by atoms with van der Waals surface area (Å²) in [5.41, 5.74) is 1.23. The third-order valence-corrected chi connectivity index (χ3v) is 5.32. The molecule has 142 valence electrons. The number of para-hydroxylation sites is 1. The van der Waals surface area contributed by atoms with Crippen molar-refractivity contribution in [3.8, 4) is 5.75 Å². The van der Waals surface area contributed by atoms with Gasteiger partial charge in [0.25, 0.3) is 0 Å². The molecule has 1 aromatic carbocycles. The van der Waals surface area contributed by atoms with Gasteiger partial charge in [-0.1, -0.05) is 18.2 Å². The summed E-state index contributed by atoms with van der Waals surface area (Å²) in [6.07, 6.45) is 6.05. The predicted molar refractivity (Wildman–Crippen MR) is 103 cm³/mol. The van der Waals surface area contributed by atoms with Crippen molar-refractivity contribution in [1.29, 1.82) is 0 Å². The Labute approximate surface area is 159 Å². The van der Waals surface area contributed by atoms with Crippen molar-refractivity contribution in [2.24, 2.45) is 7.05 Å². The van der Waals surface area contributed by atoms with E-state index in [0.29, 0.717) is 12.5 Å². The molecule has 0 N–H and O–H groups in total. The number of nitrogens with zero attached hydrogens (tertiary/aromatic N) is 6. The molecule has 0 radical (unpaired) electrons. The SMILES string of the molecule is COc1ccccc1CN1CCCC(c2nnc(Cn3cccn3)n2C)C1. The van der Waals surface area contributed by atoms with Gasteiger partial charge in [-0.25, -0.2) is 0 Å². The first-order chi connectivity index (χ1) is 13.2. The van der Waals surface area contributed by atoms with E-state index in [1.807, 2.05) is 29.1 Å². The van der Waals surface area contributed by atoms with Gasteiger partial charge in [-0.2, -0.15) is 5.10 Å². The number of hydrogen-bond donors (Lipinski definition) is 0. The molecule has 1 aliphatic rings. The van der Waals surface area contributed by atoms with Gasteiger partial charge in [0.2, 0.25) is 0 Å². The summed E-state index contributed by atoms with van der Waals surface area (Å²) in [6.45, 7) is 3.64. The first kappa shape index (κ1) is 17.7. The van der Waals surface area contributed by atoms with Gasteiger partial charge in [-0.3, -0.25) is 9.58 Å². The van der Waals surface area contributed by atoms with E-state index in [2.05, 4.69) is 43.9 Å². The van der Waals surface area contributed by atoms with Crippen LogP contribution in [0, 0.1) is 0 Å².